The number of nitrogens with zero attached hydrogens (tertiary/aromatic N) is 2. The Hall–Kier alpha value is -3.79. The molecule has 1 N–H and O–H groups in total. The number of alkyl halides is 5. The minimum Gasteiger partial charge on any atom is -0.326 e. The van der Waals surface area contributed by atoms with Crippen molar-refractivity contribution >= 4 is 63.8 Å². The van der Waals surface area contributed by atoms with E-state index in [0.29, 0.717) is 18.6 Å². The van der Waals surface area contributed by atoms with Crippen molar-refractivity contribution in [3.8, 4) is 6.07 Å². The quantitative estimate of drug-likeness (QED) is 0.130. The molecule has 1 aliphatic carbocycles. The molecule has 0 heterocycles. The SMILES string of the molecule is CCCN(C(=O)CC#N)c1c(F)ccc(CC(=O)c2cc(NC(=O)[C@H]3[C@H](c4ccc(F)c(C(F)(F)F)c4)C3(Cl)Cl)ccc2Cl)c1F. The zero-order valence-electron chi connectivity index (χ0n) is 23.6. The number of rotatable bonds is 10. The highest BCUT2D eigenvalue weighted by atomic mass is 35.5. The van der Waals surface area contributed by atoms with Gasteiger partial charge in [0.1, 0.15) is 28.1 Å². The number of hydrogen-bond acceptors (Lipinski definition) is 4. The van der Waals surface area contributed by atoms with E-state index in [2.05, 4.69) is 5.32 Å². The minimum absolute atomic E-state index is 0.0131. The van der Waals surface area contributed by atoms with Gasteiger partial charge in [0.05, 0.1) is 22.6 Å². The van der Waals surface area contributed by atoms with Crippen molar-refractivity contribution in [2.75, 3.05) is 16.8 Å². The summed E-state index contributed by atoms with van der Waals surface area (Å²) in [5, 5.41) is 11.3. The fraction of sp³-hybridized carbons (Fsp3) is 0.290. The van der Waals surface area contributed by atoms with Crippen molar-refractivity contribution in [2.45, 2.75) is 42.6 Å². The molecule has 242 valence electrons. The summed E-state index contributed by atoms with van der Waals surface area (Å²) >= 11 is 18.7. The van der Waals surface area contributed by atoms with Gasteiger partial charge in [-0.3, -0.25) is 14.4 Å². The van der Waals surface area contributed by atoms with E-state index >= 15 is 4.39 Å². The Bertz CT molecular complexity index is 1760. The Morgan fingerprint density at radius 1 is 1.02 bits per heavy atom. The summed E-state index contributed by atoms with van der Waals surface area (Å²) in [6.45, 7) is 1.58. The topological polar surface area (TPSA) is 90.3 Å². The largest absolute Gasteiger partial charge is 0.419 e. The van der Waals surface area contributed by atoms with Crippen LogP contribution >= 0.6 is 34.8 Å². The molecule has 15 heteroatoms. The summed E-state index contributed by atoms with van der Waals surface area (Å²) < 4.78 is 81.8. The predicted molar refractivity (Wildman–Crippen MR) is 159 cm³/mol. The summed E-state index contributed by atoms with van der Waals surface area (Å²) in [5.41, 5.74) is -2.78. The lowest BCUT2D eigenvalue weighted by molar-refractivity contribution is -0.140. The molecule has 0 unspecified atom stereocenters. The number of Topliss-reactive ketones (excluding diaryl/α,β-unsaturated/α-hetero) is 1. The molecule has 1 saturated carbocycles. The molecule has 2 amide bonds. The fourth-order valence-electron chi connectivity index (χ4n) is 5.04. The third-order valence-corrected chi connectivity index (χ3v) is 8.54. The maximum atomic E-state index is 15.5. The molecule has 6 nitrogen and oxygen atoms in total. The molecule has 0 bridgehead atoms. The van der Waals surface area contributed by atoms with Crippen molar-refractivity contribution < 1.29 is 40.7 Å². The second-order valence-electron chi connectivity index (χ2n) is 10.4. The van der Waals surface area contributed by atoms with Gasteiger partial charge < -0.3 is 10.2 Å². The second-order valence-corrected chi connectivity index (χ2v) is 12.3. The van der Waals surface area contributed by atoms with Crippen LogP contribution in [-0.2, 0) is 22.2 Å². The normalized spacial score (nSPS) is 16.8. The number of anilines is 2. The number of ketones is 1. The highest BCUT2D eigenvalue weighted by molar-refractivity contribution is 6.53. The minimum atomic E-state index is -5.00. The third-order valence-electron chi connectivity index (χ3n) is 7.27. The maximum Gasteiger partial charge on any atom is 0.419 e. The van der Waals surface area contributed by atoms with Crippen LogP contribution in [0.15, 0.2) is 48.5 Å². The summed E-state index contributed by atoms with van der Waals surface area (Å²) in [7, 11) is 0. The first-order valence-corrected chi connectivity index (χ1v) is 14.7. The van der Waals surface area contributed by atoms with Gasteiger partial charge in [-0.1, -0.05) is 30.7 Å². The highest BCUT2D eigenvalue weighted by Crippen LogP contribution is 2.65. The third kappa shape index (κ3) is 7.12. The molecule has 46 heavy (non-hydrogen) atoms. The molecule has 0 aromatic heterocycles. The monoisotopic (exact) mass is 703 g/mol. The van der Waals surface area contributed by atoms with Gasteiger partial charge in [0.2, 0.25) is 11.8 Å². The molecule has 4 rings (SSSR count). The molecule has 3 aromatic carbocycles. The summed E-state index contributed by atoms with van der Waals surface area (Å²) in [6, 6.07) is 9.48. The Labute approximate surface area is 273 Å². The van der Waals surface area contributed by atoms with Crippen molar-refractivity contribution in [2.24, 2.45) is 5.92 Å². The van der Waals surface area contributed by atoms with Gasteiger partial charge in [-0.25, -0.2) is 13.2 Å². The molecule has 0 aliphatic heterocycles. The number of halogens is 9. The second kappa shape index (κ2) is 13.5. The van der Waals surface area contributed by atoms with E-state index in [1.807, 2.05) is 0 Å². The Balaban J connectivity index is 1.55. The Morgan fingerprint density at radius 2 is 1.70 bits per heavy atom. The lowest BCUT2D eigenvalue weighted by atomic mass is 10.0. The summed E-state index contributed by atoms with van der Waals surface area (Å²) in [4.78, 5) is 39.5. The number of carbonyl (C=O) groups is 3. The van der Waals surface area contributed by atoms with Crippen molar-refractivity contribution in [1.82, 2.24) is 0 Å². The van der Waals surface area contributed by atoms with Gasteiger partial charge in [0.15, 0.2) is 11.6 Å². The van der Waals surface area contributed by atoms with E-state index in [4.69, 9.17) is 40.1 Å². The standard InChI is InChI=1S/C31H22Cl3F6N3O3/c1-2-11-43(24(45)9-10-41)28-22(36)8-4-16(27(28)37)13-23(44)18-14-17(5-6-20(18)32)42-29(46)26-25(30(26,33)34)15-3-7-21(35)19(12-15)31(38,39)40/h3-8,12,14,25-26H,2,9,11,13H2,1H3,(H,42,46)/t25-,26+/m0/s1. The van der Waals surface area contributed by atoms with Gasteiger partial charge in [0.25, 0.3) is 0 Å². The number of nitrogens with one attached hydrogen (secondary N) is 1. The molecule has 2 atom stereocenters. The van der Waals surface area contributed by atoms with E-state index < -0.39 is 81.5 Å². The van der Waals surface area contributed by atoms with Crippen LogP contribution in [0.4, 0.5) is 37.7 Å². The smallest absolute Gasteiger partial charge is 0.326 e. The van der Waals surface area contributed by atoms with Crippen LogP contribution in [0.3, 0.4) is 0 Å². The molecular weight excluding hydrogens is 683 g/mol. The van der Waals surface area contributed by atoms with E-state index in [-0.39, 0.29) is 33.9 Å². The summed E-state index contributed by atoms with van der Waals surface area (Å²) in [6.07, 6.45) is -5.93. The van der Waals surface area contributed by atoms with E-state index in [1.54, 1.807) is 13.0 Å². The van der Waals surface area contributed by atoms with Crippen molar-refractivity contribution in [3.63, 3.8) is 0 Å². The van der Waals surface area contributed by atoms with Crippen LogP contribution in [0.5, 0.6) is 0 Å². The lowest BCUT2D eigenvalue weighted by Crippen LogP contribution is -2.33. The number of nitriles is 1. The van der Waals surface area contributed by atoms with Gasteiger partial charge in [-0.05, 0) is 53.9 Å². The zero-order chi connectivity index (χ0) is 34.1. The van der Waals surface area contributed by atoms with Crippen molar-refractivity contribution in [3.05, 3.63) is 93.3 Å². The van der Waals surface area contributed by atoms with E-state index in [1.165, 1.54) is 18.2 Å². The van der Waals surface area contributed by atoms with Gasteiger partial charge in [0, 0.05) is 30.1 Å². The fourth-order valence-corrected chi connectivity index (χ4v) is 6.09. The van der Waals surface area contributed by atoms with Crippen LogP contribution in [-0.4, -0.2) is 28.5 Å². The van der Waals surface area contributed by atoms with Crippen LogP contribution in [0.1, 0.15) is 52.7 Å². The average Bonchev–Trinajstić information content (AvgIpc) is 3.56. The number of benzene rings is 3. The number of carbonyl (C=O) groups excluding carboxylic acids is 3. The molecule has 0 radical (unpaired) electrons. The first-order chi connectivity index (χ1) is 21.5. The molecule has 1 aliphatic rings. The predicted octanol–water partition coefficient (Wildman–Crippen LogP) is 8.38. The first-order valence-electron chi connectivity index (χ1n) is 13.5. The van der Waals surface area contributed by atoms with Gasteiger partial charge >= 0.3 is 6.18 Å². The van der Waals surface area contributed by atoms with Crippen LogP contribution < -0.4 is 10.2 Å². The van der Waals surface area contributed by atoms with Gasteiger partial charge in [-0.15, -0.1) is 23.2 Å². The van der Waals surface area contributed by atoms with Crippen LogP contribution in [0, 0.1) is 34.7 Å². The van der Waals surface area contributed by atoms with Crippen LogP contribution in [0.2, 0.25) is 5.02 Å². The van der Waals surface area contributed by atoms with Crippen LogP contribution in [0.25, 0.3) is 0 Å². The summed E-state index contributed by atoms with van der Waals surface area (Å²) in [5.74, 6) is -8.51. The zero-order valence-corrected chi connectivity index (χ0v) is 25.9. The Morgan fingerprint density at radius 3 is 2.33 bits per heavy atom. The van der Waals surface area contributed by atoms with Crippen molar-refractivity contribution in [1.29, 1.82) is 5.26 Å². The molecule has 1 fully saturated rings. The molecular formula is C31H22Cl3F6N3O3. The Kier molecular flexibility index (Phi) is 10.3. The van der Waals surface area contributed by atoms with E-state index in [0.717, 1.165) is 23.1 Å². The molecule has 3 aromatic rings. The van der Waals surface area contributed by atoms with E-state index in [9.17, 15) is 36.3 Å². The molecule has 0 spiro atoms. The first kappa shape index (κ1) is 35.1. The maximum absolute atomic E-state index is 15.5. The number of amides is 2. The highest BCUT2D eigenvalue weighted by Gasteiger charge is 2.67. The molecule has 0 saturated heterocycles. The number of hydrogen-bond donors (Lipinski definition) is 1. The lowest BCUT2D eigenvalue weighted by Gasteiger charge is -2.23. The van der Waals surface area contributed by atoms with Gasteiger partial charge in [-0.2, -0.15) is 18.4 Å². The average molecular weight is 705 g/mol.